The van der Waals surface area contributed by atoms with Crippen molar-refractivity contribution in [2.45, 2.75) is 26.3 Å². The van der Waals surface area contributed by atoms with Crippen molar-refractivity contribution in [2.75, 3.05) is 5.32 Å². The van der Waals surface area contributed by atoms with Gasteiger partial charge in [-0.15, -0.1) is 0 Å². The van der Waals surface area contributed by atoms with Crippen molar-refractivity contribution in [3.63, 3.8) is 0 Å². The third-order valence-electron chi connectivity index (χ3n) is 1.60. The molecule has 0 spiro atoms. The molecule has 0 saturated carbocycles. The van der Waals surface area contributed by atoms with Gasteiger partial charge in [-0.25, -0.2) is 0 Å². The minimum atomic E-state index is -0.0252. The lowest BCUT2D eigenvalue weighted by molar-refractivity contribution is 0.633. The van der Waals surface area contributed by atoms with Gasteiger partial charge < -0.3 is 11.1 Å². The molecule has 1 heterocycles. The highest BCUT2D eigenvalue weighted by Crippen LogP contribution is 2.18. The van der Waals surface area contributed by atoms with Crippen molar-refractivity contribution in [1.82, 2.24) is 4.98 Å². The Balaban J connectivity index is 3.02. The average Bonchev–Trinajstić information content (AvgIpc) is 2.01. The number of nitrogens with two attached hydrogens (primary N) is 1. The van der Waals surface area contributed by atoms with Gasteiger partial charge in [-0.2, -0.15) is 0 Å². The summed E-state index contributed by atoms with van der Waals surface area (Å²) in [4.78, 5) is 4.42. The lowest BCUT2D eigenvalue weighted by atomic mass is 10.1. The predicted molar refractivity (Wildman–Crippen MR) is 63.5 cm³/mol. The van der Waals surface area contributed by atoms with Crippen LogP contribution in [0.15, 0.2) is 18.5 Å². The highest BCUT2D eigenvalue weighted by Gasteiger charge is 2.12. The zero-order valence-corrected chi connectivity index (χ0v) is 9.48. The Labute approximate surface area is 89.7 Å². The second-order valence-corrected chi connectivity index (χ2v) is 4.60. The van der Waals surface area contributed by atoms with Gasteiger partial charge in [0.05, 0.1) is 11.9 Å². The van der Waals surface area contributed by atoms with E-state index in [4.69, 9.17) is 18.0 Å². The van der Waals surface area contributed by atoms with E-state index in [1.54, 1.807) is 12.4 Å². The van der Waals surface area contributed by atoms with Gasteiger partial charge in [-0.3, -0.25) is 4.98 Å². The first-order valence-electron chi connectivity index (χ1n) is 4.42. The summed E-state index contributed by atoms with van der Waals surface area (Å²) in [5.41, 5.74) is 7.29. The van der Waals surface area contributed by atoms with Crippen molar-refractivity contribution < 1.29 is 0 Å². The molecule has 0 saturated heterocycles. The minimum absolute atomic E-state index is 0.0252. The minimum Gasteiger partial charge on any atom is -0.389 e. The molecule has 1 aromatic heterocycles. The summed E-state index contributed by atoms with van der Waals surface area (Å²) in [7, 11) is 0. The van der Waals surface area contributed by atoms with Crippen LogP contribution in [0.25, 0.3) is 0 Å². The molecule has 1 aromatic rings. The maximum Gasteiger partial charge on any atom is 0.106 e. The first-order chi connectivity index (χ1) is 6.40. The molecule has 0 radical (unpaired) electrons. The van der Waals surface area contributed by atoms with Crippen LogP contribution in [-0.2, 0) is 0 Å². The smallest absolute Gasteiger partial charge is 0.106 e. The molecular weight excluding hydrogens is 194 g/mol. The number of nitrogens with zero attached hydrogens (tertiary/aromatic N) is 1. The fraction of sp³-hybridized carbons (Fsp3) is 0.400. The molecule has 0 aromatic carbocycles. The molecule has 0 atom stereocenters. The van der Waals surface area contributed by atoms with Crippen molar-refractivity contribution >= 4 is 22.9 Å². The topological polar surface area (TPSA) is 50.9 Å². The quantitative estimate of drug-likeness (QED) is 0.731. The highest BCUT2D eigenvalue weighted by molar-refractivity contribution is 7.80. The van der Waals surface area contributed by atoms with Gasteiger partial charge >= 0.3 is 0 Å². The zero-order valence-electron chi connectivity index (χ0n) is 8.66. The van der Waals surface area contributed by atoms with E-state index in [0.717, 1.165) is 11.3 Å². The molecule has 14 heavy (non-hydrogen) atoms. The monoisotopic (exact) mass is 209 g/mol. The van der Waals surface area contributed by atoms with Gasteiger partial charge in [0.15, 0.2) is 0 Å². The second-order valence-electron chi connectivity index (χ2n) is 4.16. The summed E-state index contributed by atoms with van der Waals surface area (Å²) < 4.78 is 0. The largest absolute Gasteiger partial charge is 0.389 e. The third-order valence-corrected chi connectivity index (χ3v) is 1.82. The van der Waals surface area contributed by atoms with Crippen molar-refractivity contribution in [2.24, 2.45) is 5.73 Å². The number of nitrogens with one attached hydrogen (secondary N) is 1. The van der Waals surface area contributed by atoms with Crippen LogP contribution in [0.5, 0.6) is 0 Å². The summed E-state index contributed by atoms with van der Waals surface area (Å²) in [6.07, 6.45) is 3.42. The molecule has 0 aliphatic heterocycles. The number of pyridine rings is 1. The normalized spacial score (nSPS) is 11.1. The zero-order chi connectivity index (χ0) is 10.8. The van der Waals surface area contributed by atoms with Crippen molar-refractivity contribution in [1.29, 1.82) is 0 Å². The van der Waals surface area contributed by atoms with Gasteiger partial charge in [0.2, 0.25) is 0 Å². The Morgan fingerprint density at radius 1 is 1.50 bits per heavy atom. The number of hydrogen-bond donors (Lipinski definition) is 2. The van der Waals surface area contributed by atoms with E-state index in [1.807, 2.05) is 6.07 Å². The fourth-order valence-corrected chi connectivity index (χ4v) is 1.29. The molecule has 0 aliphatic carbocycles. The summed E-state index contributed by atoms with van der Waals surface area (Å²) in [6, 6.07) is 1.82. The van der Waals surface area contributed by atoms with E-state index in [9.17, 15) is 0 Å². The van der Waals surface area contributed by atoms with Crippen molar-refractivity contribution in [3.8, 4) is 0 Å². The van der Waals surface area contributed by atoms with E-state index < -0.39 is 0 Å². The summed E-state index contributed by atoms with van der Waals surface area (Å²) in [5.74, 6) is 0. The molecule has 0 aliphatic rings. The van der Waals surface area contributed by atoms with Crippen LogP contribution in [-0.4, -0.2) is 15.5 Å². The fourth-order valence-electron chi connectivity index (χ4n) is 1.11. The summed E-state index contributed by atoms with van der Waals surface area (Å²) >= 11 is 4.95. The van der Waals surface area contributed by atoms with E-state index >= 15 is 0 Å². The van der Waals surface area contributed by atoms with Gasteiger partial charge in [-0.05, 0) is 26.8 Å². The maximum atomic E-state index is 5.60. The Hall–Kier alpha value is -1.16. The summed E-state index contributed by atoms with van der Waals surface area (Å²) in [6.45, 7) is 6.22. The Bertz CT molecular complexity index is 341. The molecular formula is C10H15N3S. The van der Waals surface area contributed by atoms with Crippen LogP contribution < -0.4 is 11.1 Å². The van der Waals surface area contributed by atoms with Crippen LogP contribution >= 0.6 is 12.2 Å². The van der Waals surface area contributed by atoms with E-state index in [2.05, 4.69) is 31.1 Å². The SMILES string of the molecule is CC(C)(C)Nc1cnccc1C(N)=S. The number of thiocarbonyl (C=S) groups is 1. The lowest BCUT2D eigenvalue weighted by Crippen LogP contribution is -2.28. The first kappa shape index (κ1) is 10.9. The number of hydrogen-bond acceptors (Lipinski definition) is 3. The molecule has 0 bridgehead atoms. The van der Waals surface area contributed by atoms with Gasteiger partial charge in [0, 0.05) is 17.3 Å². The van der Waals surface area contributed by atoms with Crippen LogP contribution in [0.1, 0.15) is 26.3 Å². The molecule has 0 fully saturated rings. The predicted octanol–water partition coefficient (Wildman–Crippen LogP) is 1.93. The van der Waals surface area contributed by atoms with E-state index in [0.29, 0.717) is 4.99 Å². The number of anilines is 1. The average molecular weight is 209 g/mol. The Morgan fingerprint density at radius 2 is 2.14 bits per heavy atom. The number of rotatable bonds is 2. The molecule has 76 valence electrons. The van der Waals surface area contributed by atoms with Crippen molar-refractivity contribution in [3.05, 3.63) is 24.0 Å². The molecule has 3 nitrogen and oxygen atoms in total. The van der Waals surface area contributed by atoms with E-state index in [1.165, 1.54) is 0 Å². The van der Waals surface area contributed by atoms with Gasteiger partial charge in [0.1, 0.15) is 4.99 Å². The highest BCUT2D eigenvalue weighted by atomic mass is 32.1. The van der Waals surface area contributed by atoms with E-state index in [-0.39, 0.29) is 5.54 Å². The Morgan fingerprint density at radius 3 is 2.64 bits per heavy atom. The molecule has 0 unspecified atom stereocenters. The Kier molecular flexibility index (Phi) is 3.06. The number of aromatic nitrogens is 1. The van der Waals surface area contributed by atoms with Gasteiger partial charge in [-0.1, -0.05) is 12.2 Å². The standard InChI is InChI=1S/C10H15N3S/c1-10(2,3)13-8-6-12-5-4-7(8)9(11)14/h4-6,13H,1-3H3,(H2,11,14). The first-order valence-corrected chi connectivity index (χ1v) is 4.83. The maximum absolute atomic E-state index is 5.60. The lowest BCUT2D eigenvalue weighted by Gasteiger charge is -2.23. The summed E-state index contributed by atoms with van der Waals surface area (Å²) in [5, 5.41) is 3.30. The van der Waals surface area contributed by atoms with Crippen LogP contribution in [0.4, 0.5) is 5.69 Å². The third kappa shape index (κ3) is 2.96. The van der Waals surface area contributed by atoms with Crippen LogP contribution in [0.2, 0.25) is 0 Å². The van der Waals surface area contributed by atoms with Crippen LogP contribution in [0, 0.1) is 0 Å². The van der Waals surface area contributed by atoms with Gasteiger partial charge in [0.25, 0.3) is 0 Å². The second kappa shape index (κ2) is 3.92. The molecule has 4 heteroatoms. The molecule has 0 amide bonds. The molecule has 3 N–H and O–H groups in total. The molecule has 1 rings (SSSR count). The van der Waals surface area contributed by atoms with Crippen LogP contribution in [0.3, 0.4) is 0 Å².